The summed E-state index contributed by atoms with van der Waals surface area (Å²) in [6.07, 6.45) is 1.34. The Morgan fingerprint density at radius 2 is 2.13 bits per heavy atom. The van der Waals surface area contributed by atoms with E-state index in [4.69, 9.17) is 5.26 Å². The molecule has 0 saturated carbocycles. The van der Waals surface area contributed by atoms with Crippen LogP contribution in [0.3, 0.4) is 0 Å². The smallest absolute Gasteiger partial charge is 0.124 e. The first-order valence-corrected chi connectivity index (χ1v) is 5.64. The molecule has 1 nitrogen and oxygen atoms in total. The Morgan fingerprint density at radius 1 is 1.47 bits per heavy atom. The van der Waals surface area contributed by atoms with Crippen LogP contribution in [-0.4, -0.2) is 0 Å². The highest BCUT2D eigenvalue weighted by molar-refractivity contribution is 9.10. The van der Waals surface area contributed by atoms with Gasteiger partial charge in [0.15, 0.2) is 0 Å². The van der Waals surface area contributed by atoms with Gasteiger partial charge in [-0.2, -0.15) is 5.26 Å². The molecular formula is C12H13BrFN. The zero-order chi connectivity index (χ0) is 11.5. The predicted octanol–water partition coefficient (Wildman–Crippen LogP) is 4.07. The summed E-state index contributed by atoms with van der Waals surface area (Å²) >= 11 is 3.24. The van der Waals surface area contributed by atoms with Gasteiger partial charge < -0.3 is 0 Å². The first-order chi connectivity index (χ1) is 6.99. The standard InChI is InChI=1S/C12H13BrFN/c1-3-12(2,8-15)7-9-4-10(13)6-11(14)5-9/h4-6H,3,7H2,1-2H3. The zero-order valence-electron chi connectivity index (χ0n) is 8.85. The van der Waals surface area contributed by atoms with Crippen molar-refractivity contribution in [3.05, 3.63) is 34.1 Å². The third-order valence-corrected chi connectivity index (χ3v) is 3.02. The van der Waals surface area contributed by atoms with Crippen molar-refractivity contribution in [1.29, 1.82) is 5.26 Å². The van der Waals surface area contributed by atoms with Gasteiger partial charge in [-0.25, -0.2) is 4.39 Å². The minimum absolute atomic E-state index is 0.268. The molecule has 0 bridgehead atoms. The van der Waals surface area contributed by atoms with Crippen LogP contribution in [0.15, 0.2) is 22.7 Å². The SMILES string of the molecule is CCC(C)(C#N)Cc1cc(F)cc(Br)c1. The fourth-order valence-electron chi connectivity index (χ4n) is 1.41. The van der Waals surface area contributed by atoms with E-state index in [-0.39, 0.29) is 5.82 Å². The Hall–Kier alpha value is -0.880. The van der Waals surface area contributed by atoms with E-state index in [9.17, 15) is 4.39 Å². The van der Waals surface area contributed by atoms with Crippen LogP contribution < -0.4 is 0 Å². The van der Waals surface area contributed by atoms with E-state index in [1.807, 2.05) is 19.9 Å². The van der Waals surface area contributed by atoms with Crippen molar-refractivity contribution >= 4 is 15.9 Å². The fourth-order valence-corrected chi connectivity index (χ4v) is 1.92. The Balaban J connectivity index is 2.95. The molecule has 1 unspecified atom stereocenters. The normalized spacial score (nSPS) is 14.3. The second-order valence-corrected chi connectivity index (χ2v) is 4.90. The molecule has 0 aliphatic heterocycles. The molecule has 3 heteroatoms. The van der Waals surface area contributed by atoms with Gasteiger partial charge in [-0.15, -0.1) is 0 Å². The van der Waals surface area contributed by atoms with Crippen LogP contribution in [0.5, 0.6) is 0 Å². The summed E-state index contributed by atoms with van der Waals surface area (Å²) in [6, 6.07) is 7.03. The molecule has 0 aliphatic rings. The van der Waals surface area contributed by atoms with Crippen LogP contribution in [0.2, 0.25) is 0 Å². The second kappa shape index (κ2) is 4.76. The summed E-state index contributed by atoms with van der Waals surface area (Å²) < 4.78 is 13.8. The summed E-state index contributed by atoms with van der Waals surface area (Å²) in [6.45, 7) is 3.86. The van der Waals surface area contributed by atoms with Crippen LogP contribution >= 0.6 is 15.9 Å². The molecule has 0 spiro atoms. The number of halogens is 2. The summed E-state index contributed by atoms with van der Waals surface area (Å²) in [5, 5.41) is 9.03. The highest BCUT2D eigenvalue weighted by Gasteiger charge is 2.22. The Labute approximate surface area is 98.0 Å². The van der Waals surface area contributed by atoms with E-state index >= 15 is 0 Å². The number of hydrogen-bond donors (Lipinski definition) is 0. The molecule has 1 rings (SSSR count). The lowest BCUT2D eigenvalue weighted by Crippen LogP contribution is -2.15. The van der Waals surface area contributed by atoms with E-state index in [0.29, 0.717) is 10.9 Å². The number of benzene rings is 1. The fraction of sp³-hybridized carbons (Fsp3) is 0.417. The van der Waals surface area contributed by atoms with Gasteiger partial charge in [-0.05, 0) is 43.5 Å². The second-order valence-electron chi connectivity index (χ2n) is 3.98. The largest absolute Gasteiger partial charge is 0.207 e. The average Bonchev–Trinajstić information content (AvgIpc) is 2.16. The van der Waals surface area contributed by atoms with E-state index in [1.165, 1.54) is 12.1 Å². The van der Waals surface area contributed by atoms with Gasteiger partial charge in [-0.3, -0.25) is 0 Å². The summed E-state index contributed by atoms with van der Waals surface area (Å²) in [5.74, 6) is -0.268. The summed E-state index contributed by atoms with van der Waals surface area (Å²) in [4.78, 5) is 0. The monoisotopic (exact) mass is 269 g/mol. The lowest BCUT2D eigenvalue weighted by Gasteiger charge is -2.19. The molecule has 0 aromatic heterocycles. The Bertz CT molecular complexity index is 377. The van der Waals surface area contributed by atoms with Crippen molar-refractivity contribution in [1.82, 2.24) is 0 Å². The van der Waals surface area contributed by atoms with E-state index < -0.39 is 5.41 Å². The highest BCUT2D eigenvalue weighted by Crippen LogP contribution is 2.27. The molecule has 0 radical (unpaired) electrons. The van der Waals surface area contributed by atoms with Gasteiger partial charge >= 0.3 is 0 Å². The number of rotatable bonds is 3. The van der Waals surface area contributed by atoms with Crippen molar-refractivity contribution in [2.24, 2.45) is 5.41 Å². The molecule has 0 fully saturated rings. The lowest BCUT2D eigenvalue weighted by atomic mass is 9.83. The summed E-state index contributed by atoms with van der Waals surface area (Å²) in [5.41, 5.74) is 0.445. The van der Waals surface area contributed by atoms with E-state index in [2.05, 4.69) is 22.0 Å². The maximum Gasteiger partial charge on any atom is 0.124 e. The van der Waals surface area contributed by atoms with Crippen LogP contribution in [0.4, 0.5) is 4.39 Å². The number of hydrogen-bond acceptors (Lipinski definition) is 1. The Morgan fingerprint density at radius 3 is 2.60 bits per heavy atom. The zero-order valence-corrected chi connectivity index (χ0v) is 10.4. The molecule has 0 aliphatic carbocycles. The van der Waals surface area contributed by atoms with Gasteiger partial charge in [0.05, 0.1) is 11.5 Å². The Kier molecular flexibility index (Phi) is 3.87. The molecule has 15 heavy (non-hydrogen) atoms. The molecule has 1 aromatic rings. The summed E-state index contributed by atoms with van der Waals surface area (Å²) in [7, 11) is 0. The van der Waals surface area contributed by atoms with Gasteiger partial charge in [0.25, 0.3) is 0 Å². The van der Waals surface area contributed by atoms with Gasteiger partial charge in [-0.1, -0.05) is 22.9 Å². The molecule has 1 aromatic carbocycles. The van der Waals surface area contributed by atoms with Crippen molar-refractivity contribution in [3.63, 3.8) is 0 Å². The van der Waals surface area contributed by atoms with Crippen molar-refractivity contribution in [3.8, 4) is 6.07 Å². The van der Waals surface area contributed by atoms with E-state index in [0.717, 1.165) is 12.0 Å². The molecule has 80 valence electrons. The first kappa shape index (κ1) is 12.2. The predicted molar refractivity (Wildman–Crippen MR) is 61.8 cm³/mol. The molecule has 0 saturated heterocycles. The maximum atomic E-state index is 13.1. The third-order valence-electron chi connectivity index (χ3n) is 2.57. The molecule has 1 atom stereocenters. The van der Waals surface area contributed by atoms with Gasteiger partial charge in [0, 0.05) is 4.47 Å². The van der Waals surface area contributed by atoms with E-state index in [1.54, 1.807) is 0 Å². The number of nitriles is 1. The molecule has 0 N–H and O–H groups in total. The van der Waals surface area contributed by atoms with Crippen molar-refractivity contribution in [2.75, 3.05) is 0 Å². The van der Waals surface area contributed by atoms with Crippen molar-refractivity contribution in [2.45, 2.75) is 26.7 Å². The van der Waals surface area contributed by atoms with Crippen LogP contribution in [0.1, 0.15) is 25.8 Å². The quantitative estimate of drug-likeness (QED) is 0.812. The first-order valence-electron chi connectivity index (χ1n) is 4.85. The minimum Gasteiger partial charge on any atom is -0.207 e. The minimum atomic E-state index is -0.409. The maximum absolute atomic E-state index is 13.1. The average molecular weight is 270 g/mol. The van der Waals surface area contributed by atoms with Crippen LogP contribution in [0, 0.1) is 22.6 Å². The molecule has 0 amide bonds. The number of nitrogens with zero attached hydrogens (tertiary/aromatic N) is 1. The highest BCUT2D eigenvalue weighted by atomic mass is 79.9. The van der Waals surface area contributed by atoms with Gasteiger partial charge in [0.2, 0.25) is 0 Å². The van der Waals surface area contributed by atoms with Crippen LogP contribution in [0.25, 0.3) is 0 Å². The third kappa shape index (κ3) is 3.32. The van der Waals surface area contributed by atoms with Gasteiger partial charge in [0.1, 0.15) is 5.82 Å². The molecule has 0 heterocycles. The molecular weight excluding hydrogens is 257 g/mol. The van der Waals surface area contributed by atoms with Crippen molar-refractivity contribution < 1.29 is 4.39 Å². The van der Waals surface area contributed by atoms with Crippen LogP contribution in [-0.2, 0) is 6.42 Å². The lowest BCUT2D eigenvalue weighted by molar-refractivity contribution is 0.422. The topological polar surface area (TPSA) is 23.8 Å².